The fourth-order valence-corrected chi connectivity index (χ4v) is 7.97. The second-order valence-corrected chi connectivity index (χ2v) is 16.0. The van der Waals surface area contributed by atoms with E-state index in [9.17, 15) is 40.7 Å². The Balaban J connectivity index is 1.18. The highest BCUT2D eigenvalue weighted by atomic mass is 32.2. The standard InChI is InChI=1S/C38H40F5N5O5S/c1-54(52,53)29-9-4-24(5-10-29)3-2-15-46-22-31(30-11-8-28(39)20-33(30)40)32(23-46)35(49)45-37-44-14-18-48(37)21-26-6-7-27(38(41,42)43)19-34(26)47-16-12-25(13-17-47)36(50)51/h4-11,14,18-20,25,31-32H,2-3,12-13,15-17,21-23H2,1H3,(H,50,51)(H,44,45,49)/t31-,32+/m0/s1. The number of aliphatic carboxylic acids is 1. The van der Waals surface area contributed by atoms with Crippen molar-refractivity contribution in [2.45, 2.75) is 49.2 Å². The maximum Gasteiger partial charge on any atom is 0.416 e. The molecular formula is C38H40F5N5O5S. The first-order chi connectivity index (χ1) is 25.6. The molecule has 1 amide bonds. The maximum atomic E-state index is 15.1. The number of sulfone groups is 1. The minimum absolute atomic E-state index is 0.0416. The maximum absolute atomic E-state index is 15.1. The van der Waals surface area contributed by atoms with Crippen molar-refractivity contribution in [2.75, 3.05) is 49.2 Å². The van der Waals surface area contributed by atoms with E-state index >= 15 is 4.39 Å². The van der Waals surface area contributed by atoms with E-state index < -0.39 is 62.8 Å². The second-order valence-electron chi connectivity index (χ2n) is 14.0. The Kier molecular flexibility index (Phi) is 11.4. The summed E-state index contributed by atoms with van der Waals surface area (Å²) in [4.78, 5) is 33.8. The molecule has 2 saturated heterocycles. The molecule has 0 radical (unpaired) electrons. The number of aromatic nitrogens is 2. The number of nitrogens with zero attached hydrogens (tertiary/aromatic N) is 4. The van der Waals surface area contributed by atoms with Crippen molar-refractivity contribution >= 4 is 33.3 Å². The predicted octanol–water partition coefficient (Wildman–Crippen LogP) is 6.22. The lowest BCUT2D eigenvalue weighted by Gasteiger charge is -2.34. The van der Waals surface area contributed by atoms with Gasteiger partial charge in [-0.1, -0.05) is 24.3 Å². The quantitative estimate of drug-likeness (QED) is 0.163. The lowest BCUT2D eigenvalue weighted by molar-refractivity contribution is -0.142. The van der Waals surface area contributed by atoms with Gasteiger partial charge in [0, 0.05) is 62.5 Å². The molecule has 6 rings (SSSR count). The van der Waals surface area contributed by atoms with Crippen LogP contribution in [0.4, 0.5) is 33.6 Å². The molecular weight excluding hydrogens is 734 g/mol. The van der Waals surface area contributed by atoms with E-state index in [1.54, 1.807) is 39.9 Å². The third-order valence-electron chi connectivity index (χ3n) is 10.3. The molecule has 0 unspecified atom stereocenters. The second kappa shape index (κ2) is 15.9. The van der Waals surface area contributed by atoms with Crippen molar-refractivity contribution in [1.82, 2.24) is 14.5 Å². The van der Waals surface area contributed by atoms with Crippen LogP contribution in [0.1, 0.15) is 47.4 Å². The number of carboxylic acids is 1. The number of benzene rings is 3. The molecule has 288 valence electrons. The molecule has 2 aliphatic rings. The SMILES string of the molecule is CS(=O)(=O)c1ccc(CCCN2C[C@@H](C(=O)Nc3nccn3Cc3ccc(C(F)(F)F)cc3N3CCC(C(=O)O)CC3)[C@H](c3ccc(F)cc3F)C2)cc1. The molecule has 4 aromatic rings. The molecule has 54 heavy (non-hydrogen) atoms. The van der Waals surface area contributed by atoms with Gasteiger partial charge in [-0.15, -0.1) is 0 Å². The molecule has 2 fully saturated rings. The normalized spacial score (nSPS) is 18.6. The lowest BCUT2D eigenvalue weighted by Crippen LogP contribution is -2.37. The van der Waals surface area contributed by atoms with Crippen LogP contribution in [-0.2, 0) is 38.6 Å². The van der Waals surface area contributed by atoms with Crippen molar-refractivity contribution in [3.8, 4) is 0 Å². The number of carbonyl (C=O) groups is 2. The Morgan fingerprint density at radius 3 is 2.35 bits per heavy atom. The highest BCUT2D eigenvalue weighted by Crippen LogP contribution is 2.37. The van der Waals surface area contributed by atoms with Gasteiger partial charge in [0.25, 0.3) is 0 Å². The van der Waals surface area contributed by atoms with Crippen LogP contribution < -0.4 is 10.2 Å². The van der Waals surface area contributed by atoms with E-state index in [0.717, 1.165) is 36.1 Å². The Bertz CT molecular complexity index is 2100. The topological polar surface area (TPSA) is 125 Å². The summed E-state index contributed by atoms with van der Waals surface area (Å²) in [7, 11) is -3.32. The number of aryl methyl sites for hydroxylation is 1. The minimum atomic E-state index is -4.60. The third-order valence-corrected chi connectivity index (χ3v) is 11.4. The van der Waals surface area contributed by atoms with Gasteiger partial charge in [0.05, 0.1) is 28.8 Å². The molecule has 2 atom stereocenters. The monoisotopic (exact) mass is 773 g/mol. The van der Waals surface area contributed by atoms with Gasteiger partial charge in [-0.05, 0) is 79.3 Å². The number of amides is 1. The number of carboxylic acid groups (broad SMARTS) is 1. The molecule has 3 aromatic carbocycles. The molecule has 2 N–H and O–H groups in total. The number of likely N-dealkylation sites (tertiary alicyclic amines) is 1. The summed E-state index contributed by atoms with van der Waals surface area (Å²) in [6, 6.07) is 13.3. The fraction of sp³-hybridized carbons (Fsp3) is 0.395. The summed E-state index contributed by atoms with van der Waals surface area (Å²) in [5, 5.41) is 12.3. The van der Waals surface area contributed by atoms with Gasteiger partial charge in [0.15, 0.2) is 9.84 Å². The number of hydrogen-bond donors (Lipinski definition) is 2. The average Bonchev–Trinajstić information content (AvgIpc) is 3.74. The Morgan fingerprint density at radius 1 is 0.981 bits per heavy atom. The molecule has 0 spiro atoms. The van der Waals surface area contributed by atoms with Gasteiger partial charge in [0.1, 0.15) is 11.6 Å². The summed E-state index contributed by atoms with van der Waals surface area (Å²) < 4.78 is 95.5. The summed E-state index contributed by atoms with van der Waals surface area (Å²) in [5.41, 5.74) is 1.11. The number of anilines is 2. The summed E-state index contributed by atoms with van der Waals surface area (Å²) in [5.74, 6) is -4.75. The Morgan fingerprint density at radius 2 is 1.70 bits per heavy atom. The summed E-state index contributed by atoms with van der Waals surface area (Å²) in [6.45, 7) is 1.68. The zero-order chi connectivity index (χ0) is 38.8. The molecule has 1 aromatic heterocycles. The zero-order valence-electron chi connectivity index (χ0n) is 29.4. The van der Waals surface area contributed by atoms with Crippen molar-refractivity contribution in [1.29, 1.82) is 0 Å². The number of imidazole rings is 1. The van der Waals surface area contributed by atoms with Gasteiger partial charge in [0.2, 0.25) is 11.9 Å². The van der Waals surface area contributed by atoms with E-state index in [0.29, 0.717) is 37.2 Å². The van der Waals surface area contributed by atoms with E-state index in [-0.39, 0.29) is 55.4 Å². The number of carbonyl (C=O) groups excluding carboxylic acids is 1. The van der Waals surface area contributed by atoms with Crippen LogP contribution in [0, 0.1) is 23.5 Å². The summed E-state index contributed by atoms with van der Waals surface area (Å²) >= 11 is 0. The predicted molar refractivity (Wildman–Crippen MR) is 191 cm³/mol. The van der Waals surface area contributed by atoms with E-state index in [4.69, 9.17) is 0 Å². The smallest absolute Gasteiger partial charge is 0.416 e. The first kappa shape index (κ1) is 38.9. The highest BCUT2D eigenvalue weighted by Gasteiger charge is 2.40. The number of alkyl halides is 3. The number of halogens is 5. The van der Waals surface area contributed by atoms with Crippen molar-refractivity contribution < 1.29 is 45.1 Å². The number of nitrogens with one attached hydrogen (secondary N) is 1. The number of rotatable bonds is 12. The highest BCUT2D eigenvalue weighted by molar-refractivity contribution is 7.90. The number of hydrogen-bond acceptors (Lipinski definition) is 7. The molecule has 0 aliphatic carbocycles. The van der Waals surface area contributed by atoms with Crippen LogP contribution in [0.15, 0.2) is 78.0 Å². The van der Waals surface area contributed by atoms with Crippen LogP contribution in [0.2, 0.25) is 0 Å². The van der Waals surface area contributed by atoms with Crippen LogP contribution in [0.25, 0.3) is 0 Å². The van der Waals surface area contributed by atoms with Crippen LogP contribution in [0.5, 0.6) is 0 Å². The van der Waals surface area contributed by atoms with E-state index in [2.05, 4.69) is 10.3 Å². The Hall–Kier alpha value is -4.83. The van der Waals surface area contributed by atoms with Crippen molar-refractivity contribution in [2.24, 2.45) is 11.8 Å². The first-order valence-electron chi connectivity index (χ1n) is 17.5. The molecule has 2 aliphatic heterocycles. The van der Waals surface area contributed by atoms with Crippen molar-refractivity contribution in [3.63, 3.8) is 0 Å². The molecule has 3 heterocycles. The van der Waals surface area contributed by atoms with Gasteiger partial charge >= 0.3 is 12.1 Å². The van der Waals surface area contributed by atoms with Crippen molar-refractivity contribution in [3.05, 3.63) is 107 Å². The number of piperidine rings is 1. The Labute approximate surface area is 309 Å². The van der Waals surface area contributed by atoms with Gasteiger partial charge in [-0.25, -0.2) is 22.2 Å². The largest absolute Gasteiger partial charge is 0.481 e. The minimum Gasteiger partial charge on any atom is -0.481 e. The fourth-order valence-electron chi connectivity index (χ4n) is 7.34. The summed E-state index contributed by atoms with van der Waals surface area (Å²) in [6.07, 6.45) is 1.43. The molecule has 16 heteroatoms. The lowest BCUT2D eigenvalue weighted by atomic mass is 9.88. The van der Waals surface area contributed by atoms with E-state index in [1.807, 2.05) is 4.90 Å². The third kappa shape index (κ3) is 9.09. The van der Waals surface area contributed by atoms with Crippen LogP contribution in [-0.4, -0.2) is 78.8 Å². The van der Waals surface area contributed by atoms with Gasteiger partial charge in [-0.2, -0.15) is 13.2 Å². The first-order valence-corrected chi connectivity index (χ1v) is 19.4. The van der Waals surface area contributed by atoms with Gasteiger partial charge in [-0.3, -0.25) is 14.9 Å². The van der Waals surface area contributed by atoms with Crippen LogP contribution >= 0.6 is 0 Å². The van der Waals surface area contributed by atoms with Gasteiger partial charge < -0.3 is 19.5 Å². The molecule has 0 bridgehead atoms. The molecule has 10 nitrogen and oxygen atoms in total. The molecule has 0 saturated carbocycles. The van der Waals surface area contributed by atoms with E-state index in [1.165, 1.54) is 18.3 Å². The zero-order valence-corrected chi connectivity index (χ0v) is 30.2. The average molecular weight is 774 g/mol. The van der Waals surface area contributed by atoms with Crippen LogP contribution in [0.3, 0.4) is 0 Å².